The van der Waals surface area contributed by atoms with Crippen LogP contribution < -0.4 is 0 Å². The molecular weight excluding hydrogens is 258 g/mol. The number of halogens is 1. The van der Waals surface area contributed by atoms with Crippen LogP contribution in [0.2, 0.25) is 5.02 Å². The quantitative estimate of drug-likeness (QED) is 0.852. The van der Waals surface area contributed by atoms with Gasteiger partial charge in [0.15, 0.2) is 0 Å². The second-order valence-corrected chi connectivity index (χ2v) is 5.61. The minimum Gasteiger partial charge on any atom is -0.320 e. The fourth-order valence-electron chi connectivity index (χ4n) is 1.45. The molecule has 90 valence electrons. The maximum absolute atomic E-state index is 11.9. The van der Waals surface area contributed by atoms with Crippen LogP contribution in [-0.2, 0) is 29.4 Å². The Labute approximate surface area is 107 Å². The lowest BCUT2D eigenvalue weighted by Crippen LogP contribution is -2.04. The first kappa shape index (κ1) is 12.3. The number of rotatable bonds is 4. The minimum atomic E-state index is -1.00. The lowest BCUT2D eigenvalue weighted by atomic mass is 10.2. The van der Waals surface area contributed by atoms with Gasteiger partial charge in [-0.15, -0.1) is 10.2 Å². The second-order valence-electron chi connectivity index (χ2n) is 3.72. The van der Waals surface area contributed by atoms with Gasteiger partial charge in [-0.2, -0.15) is 0 Å². The monoisotopic (exact) mass is 269 g/mol. The molecule has 1 unspecified atom stereocenters. The normalized spacial score (nSPS) is 12.6. The van der Waals surface area contributed by atoms with Gasteiger partial charge in [0.05, 0.1) is 5.75 Å². The predicted molar refractivity (Wildman–Crippen MR) is 68.0 cm³/mol. The average Bonchev–Trinajstić information content (AvgIpc) is 2.64. The summed E-state index contributed by atoms with van der Waals surface area (Å²) in [6.07, 6.45) is 1.60. The van der Waals surface area contributed by atoms with Gasteiger partial charge >= 0.3 is 0 Å². The molecule has 0 aliphatic heterocycles. The van der Waals surface area contributed by atoms with E-state index in [4.69, 9.17) is 11.6 Å². The van der Waals surface area contributed by atoms with Crippen LogP contribution in [0.15, 0.2) is 30.6 Å². The number of hydrogen-bond acceptors (Lipinski definition) is 3. The Kier molecular flexibility index (Phi) is 3.91. The third kappa shape index (κ3) is 3.38. The predicted octanol–water partition coefficient (Wildman–Crippen LogP) is 1.92. The van der Waals surface area contributed by atoms with Gasteiger partial charge in [0.1, 0.15) is 12.2 Å². The molecular formula is C11H12ClN3OS. The number of benzene rings is 1. The van der Waals surface area contributed by atoms with Gasteiger partial charge in [0.2, 0.25) is 0 Å². The van der Waals surface area contributed by atoms with E-state index in [0.29, 0.717) is 16.5 Å². The zero-order valence-corrected chi connectivity index (χ0v) is 10.9. The van der Waals surface area contributed by atoms with Crippen molar-refractivity contribution in [3.05, 3.63) is 47.0 Å². The highest BCUT2D eigenvalue weighted by Crippen LogP contribution is 2.13. The lowest BCUT2D eigenvalue weighted by Gasteiger charge is -2.02. The van der Waals surface area contributed by atoms with Gasteiger partial charge in [-0.05, 0) is 17.7 Å². The van der Waals surface area contributed by atoms with Crippen LogP contribution in [0.5, 0.6) is 0 Å². The summed E-state index contributed by atoms with van der Waals surface area (Å²) in [7, 11) is 0.838. The van der Waals surface area contributed by atoms with Crippen LogP contribution in [-0.4, -0.2) is 19.0 Å². The van der Waals surface area contributed by atoms with Crippen molar-refractivity contribution in [3.8, 4) is 0 Å². The van der Waals surface area contributed by atoms with E-state index in [2.05, 4.69) is 10.2 Å². The van der Waals surface area contributed by atoms with Crippen molar-refractivity contribution in [2.45, 2.75) is 11.5 Å². The SMILES string of the molecule is Cn1cnnc1CS(=O)Cc1cccc(Cl)c1. The molecule has 0 aliphatic rings. The summed E-state index contributed by atoms with van der Waals surface area (Å²) in [5.41, 5.74) is 0.970. The molecule has 0 N–H and O–H groups in total. The maximum Gasteiger partial charge on any atom is 0.145 e. The van der Waals surface area contributed by atoms with Crippen LogP contribution >= 0.6 is 11.6 Å². The summed E-state index contributed by atoms with van der Waals surface area (Å²) in [6, 6.07) is 7.41. The van der Waals surface area contributed by atoms with E-state index < -0.39 is 10.8 Å². The fourth-order valence-corrected chi connectivity index (χ4v) is 2.86. The standard InChI is InChI=1S/C11H12ClN3OS/c1-15-8-13-14-11(15)7-17(16)6-9-3-2-4-10(12)5-9/h2-5,8H,6-7H2,1H3. The molecule has 2 aromatic rings. The van der Waals surface area contributed by atoms with Crippen molar-refractivity contribution in [2.75, 3.05) is 0 Å². The van der Waals surface area contributed by atoms with Crippen molar-refractivity contribution in [1.29, 1.82) is 0 Å². The first-order valence-corrected chi connectivity index (χ1v) is 6.94. The Morgan fingerprint density at radius 3 is 2.88 bits per heavy atom. The molecule has 0 amide bonds. The van der Waals surface area contributed by atoms with Gasteiger partial charge in [-0.3, -0.25) is 4.21 Å². The topological polar surface area (TPSA) is 47.8 Å². The summed E-state index contributed by atoms with van der Waals surface area (Å²) in [4.78, 5) is 0. The lowest BCUT2D eigenvalue weighted by molar-refractivity contribution is 0.679. The molecule has 0 aliphatic carbocycles. The third-order valence-electron chi connectivity index (χ3n) is 2.31. The molecule has 4 nitrogen and oxygen atoms in total. The summed E-state index contributed by atoms with van der Waals surface area (Å²) >= 11 is 5.87. The van der Waals surface area contributed by atoms with E-state index in [1.54, 1.807) is 17.0 Å². The van der Waals surface area contributed by atoms with Crippen LogP contribution in [0.3, 0.4) is 0 Å². The molecule has 1 aromatic carbocycles. The van der Waals surface area contributed by atoms with Gasteiger partial charge in [-0.25, -0.2) is 0 Å². The van der Waals surface area contributed by atoms with Crippen molar-refractivity contribution in [3.63, 3.8) is 0 Å². The molecule has 0 radical (unpaired) electrons. The summed E-state index contributed by atoms with van der Waals surface area (Å²) in [5.74, 6) is 1.61. The summed E-state index contributed by atoms with van der Waals surface area (Å²) in [5, 5.41) is 8.33. The molecule has 6 heteroatoms. The van der Waals surface area contributed by atoms with Gasteiger partial charge in [-0.1, -0.05) is 23.7 Å². The molecule has 17 heavy (non-hydrogen) atoms. The average molecular weight is 270 g/mol. The van der Waals surface area contributed by atoms with E-state index >= 15 is 0 Å². The minimum absolute atomic E-state index is 0.406. The zero-order valence-electron chi connectivity index (χ0n) is 9.34. The van der Waals surface area contributed by atoms with Crippen LogP contribution in [0.4, 0.5) is 0 Å². The third-order valence-corrected chi connectivity index (χ3v) is 3.78. The van der Waals surface area contributed by atoms with Crippen LogP contribution in [0.25, 0.3) is 0 Å². The van der Waals surface area contributed by atoms with Crippen molar-refractivity contribution in [2.24, 2.45) is 7.05 Å². The van der Waals surface area contributed by atoms with Crippen molar-refractivity contribution < 1.29 is 4.21 Å². The number of aromatic nitrogens is 3. The van der Waals surface area contributed by atoms with Gasteiger partial charge in [0.25, 0.3) is 0 Å². The molecule has 0 bridgehead atoms. The molecule has 0 fully saturated rings. The number of hydrogen-bond donors (Lipinski definition) is 0. The first-order valence-electron chi connectivity index (χ1n) is 5.07. The van der Waals surface area contributed by atoms with Crippen LogP contribution in [0.1, 0.15) is 11.4 Å². The molecule has 0 saturated heterocycles. The maximum atomic E-state index is 11.9. The molecule has 1 atom stereocenters. The van der Waals surface area contributed by atoms with E-state index in [-0.39, 0.29) is 0 Å². The Bertz CT molecular complexity index is 541. The number of nitrogens with zero attached hydrogens (tertiary/aromatic N) is 3. The molecule has 1 heterocycles. The smallest absolute Gasteiger partial charge is 0.145 e. The number of aryl methyl sites for hydroxylation is 1. The van der Waals surface area contributed by atoms with E-state index in [1.807, 2.05) is 25.2 Å². The molecule has 0 saturated carbocycles. The van der Waals surface area contributed by atoms with E-state index in [0.717, 1.165) is 11.4 Å². The summed E-state index contributed by atoms with van der Waals surface area (Å²) in [6.45, 7) is 0. The second kappa shape index (κ2) is 5.42. The Balaban J connectivity index is 2.01. The first-order chi connectivity index (χ1) is 8.15. The Morgan fingerprint density at radius 2 is 2.24 bits per heavy atom. The molecule has 0 spiro atoms. The highest BCUT2D eigenvalue weighted by molar-refractivity contribution is 7.83. The van der Waals surface area contributed by atoms with Gasteiger partial charge < -0.3 is 4.57 Å². The highest BCUT2D eigenvalue weighted by Gasteiger charge is 2.08. The largest absolute Gasteiger partial charge is 0.320 e. The van der Waals surface area contributed by atoms with E-state index in [9.17, 15) is 4.21 Å². The van der Waals surface area contributed by atoms with Crippen molar-refractivity contribution >= 4 is 22.4 Å². The van der Waals surface area contributed by atoms with Crippen LogP contribution in [0, 0.1) is 0 Å². The van der Waals surface area contributed by atoms with Crippen molar-refractivity contribution in [1.82, 2.24) is 14.8 Å². The van der Waals surface area contributed by atoms with Gasteiger partial charge in [0, 0.05) is 28.6 Å². The molecule has 1 aromatic heterocycles. The summed E-state index contributed by atoms with van der Waals surface area (Å²) < 4.78 is 13.7. The fraction of sp³-hybridized carbons (Fsp3) is 0.273. The Morgan fingerprint density at radius 1 is 1.41 bits per heavy atom. The van der Waals surface area contributed by atoms with E-state index in [1.165, 1.54) is 0 Å². The highest BCUT2D eigenvalue weighted by atomic mass is 35.5. The molecule has 2 rings (SSSR count). The zero-order chi connectivity index (χ0) is 12.3. The Hall–Kier alpha value is -1.20.